The van der Waals surface area contributed by atoms with Gasteiger partial charge in [0.05, 0.1) is 0 Å². The number of rotatable bonds is 12. The molecule has 7 nitrogen and oxygen atoms in total. The third kappa shape index (κ3) is 8.79. The molecule has 2 amide bonds. The average molecular weight is 441 g/mol. The van der Waals surface area contributed by atoms with Gasteiger partial charge < -0.3 is 20.5 Å². The lowest BCUT2D eigenvalue weighted by atomic mass is 9.96. The van der Waals surface area contributed by atoms with Gasteiger partial charge in [-0.05, 0) is 48.9 Å². The highest BCUT2D eigenvalue weighted by atomic mass is 16.5. The van der Waals surface area contributed by atoms with E-state index in [1.807, 2.05) is 62.4 Å². The van der Waals surface area contributed by atoms with Crippen molar-refractivity contribution < 1.29 is 24.2 Å². The molecule has 172 valence electrons. The summed E-state index contributed by atoms with van der Waals surface area (Å²) >= 11 is 0. The van der Waals surface area contributed by atoms with Crippen LogP contribution >= 0.6 is 0 Å². The van der Waals surface area contributed by atoms with Crippen LogP contribution in [0.1, 0.15) is 47.9 Å². The lowest BCUT2D eigenvalue weighted by molar-refractivity contribution is -0.141. The number of ether oxygens (including phenoxy) is 1. The maximum atomic E-state index is 12.2. The number of aliphatic carboxylic acids is 1. The molecular formula is C25H32N2O5. The van der Waals surface area contributed by atoms with Crippen molar-refractivity contribution in [3.8, 4) is 0 Å². The second kappa shape index (κ2) is 13.1. The van der Waals surface area contributed by atoms with Gasteiger partial charge in [-0.1, -0.05) is 55.0 Å². The molecule has 0 fully saturated rings. The number of carbonyl (C=O) groups excluding carboxylic acids is 2. The SMILES string of the molecule is Cc1cccc(C)c1C[C@H](NC(=O)CCCCCNC(=O)OCc1ccccc1)C(=O)O. The molecule has 3 N–H and O–H groups in total. The Balaban J connectivity index is 1.62. The Morgan fingerprint density at radius 1 is 0.938 bits per heavy atom. The summed E-state index contributed by atoms with van der Waals surface area (Å²) in [6, 6.07) is 14.3. The summed E-state index contributed by atoms with van der Waals surface area (Å²) in [7, 11) is 0. The number of carboxylic acid groups (broad SMARTS) is 1. The van der Waals surface area contributed by atoms with Gasteiger partial charge in [0.2, 0.25) is 5.91 Å². The van der Waals surface area contributed by atoms with E-state index in [-0.39, 0.29) is 25.4 Å². The number of amides is 2. The first-order chi connectivity index (χ1) is 15.4. The van der Waals surface area contributed by atoms with Gasteiger partial charge in [0, 0.05) is 19.4 Å². The maximum absolute atomic E-state index is 12.2. The topological polar surface area (TPSA) is 105 Å². The van der Waals surface area contributed by atoms with Gasteiger partial charge in [0.25, 0.3) is 0 Å². The van der Waals surface area contributed by atoms with E-state index < -0.39 is 18.1 Å². The second-order valence-electron chi connectivity index (χ2n) is 7.83. The fraction of sp³-hybridized carbons (Fsp3) is 0.400. The highest BCUT2D eigenvalue weighted by Crippen LogP contribution is 2.16. The summed E-state index contributed by atoms with van der Waals surface area (Å²) in [5.41, 5.74) is 3.90. The van der Waals surface area contributed by atoms with E-state index in [1.54, 1.807) is 0 Å². The lowest BCUT2D eigenvalue weighted by Gasteiger charge is -2.17. The number of nitrogens with one attached hydrogen (secondary N) is 2. The van der Waals surface area contributed by atoms with E-state index >= 15 is 0 Å². The third-order valence-electron chi connectivity index (χ3n) is 5.25. The normalized spacial score (nSPS) is 11.4. The van der Waals surface area contributed by atoms with Crippen molar-refractivity contribution in [1.82, 2.24) is 10.6 Å². The van der Waals surface area contributed by atoms with Gasteiger partial charge in [-0.25, -0.2) is 9.59 Å². The molecular weight excluding hydrogens is 408 g/mol. The molecule has 1 atom stereocenters. The highest BCUT2D eigenvalue weighted by molar-refractivity contribution is 5.83. The van der Waals surface area contributed by atoms with Crippen LogP contribution in [-0.4, -0.2) is 35.7 Å². The largest absolute Gasteiger partial charge is 0.480 e. The fourth-order valence-electron chi connectivity index (χ4n) is 3.39. The van der Waals surface area contributed by atoms with Crippen molar-refractivity contribution in [3.05, 3.63) is 70.8 Å². The lowest BCUT2D eigenvalue weighted by Crippen LogP contribution is -2.42. The van der Waals surface area contributed by atoms with Crippen LogP contribution < -0.4 is 10.6 Å². The van der Waals surface area contributed by atoms with Crippen LogP contribution in [0.2, 0.25) is 0 Å². The molecule has 0 unspecified atom stereocenters. The molecule has 7 heteroatoms. The van der Waals surface area contributed by atoms with Crippen LogP contribution in [0.25, 0.3) is 0 Å². The van der Waals surface area contributed by atoms with Crippen LogP contribution in [0.4, 0.5) is 4.79 Å². The molecule has 0 bridgehead atoms. The molecule has 0 aliphatic heterocycles. The predicted molar refractivity (Wildman–Crippen MR) is 122 cm³/mol. The molecule has 2 aromatic carbocycles. The number of benzene rings is 2. The monoisotopic (exact) mass is 440 g/mol. The van der Waals surface area contributed by atoms with E-state index in [0.29, 0.717) is 19.4 Å². The summed E-state index contributed by atoms with van der Waals surface area (Å²) in [5.74, 6) is -1.32. The third-order valence-corrected chi connectivity index (χ3v) is 5.25. The first-order valence-electron chi connectivity index (χ1n) is 10.9. The zero-order valence-electron chi connectivity index (χ0n) is 18.7. The molecule has 0 radical (unpaired) electrons. The molecule has 0 spiro atoms. The first kappa shape index (κ1) is 24.9. The van der Waals surface area contributed by atoms with Gasteiger partial charge in [0.1, 0.15) is 12.6 Å². The fourth-order valence-corrected chi connectivity index (χ4v) is 3.39. The average Bonchev–Trinajstić information content (AvgIpc) is 2.77. The second-order valence-corrected chi connectivity index (χ2v) is 7.83. The quantitative estimate of drug-likeness (QED) is 0.434. The summed E-state index contributed by atoms with van der Waals surface area (Å²) in [4.78, 5) is 35.5. The Bertz CT molecular complexity index is 878. The van der Waals surface area contributed by atoms with Gasteiger partial charge in [-0.15, -0.1) is 0 Å². The zero-order valence-corrected chi connectivity index (χ0v) is 18.7. The number of carboxylic acids is 1. The predicted octanol–water partition coefficient (Wildman–Crippen LogP) is 3.90. The van der Waals surface area contributed by atoms with E-state index in [1.165, 1.54) is 0 Å². The molecule has 0 aliphatic carbocycles. The van der Waals surface area contributed by atoms with Gasteiger partial charge in [0.15, 0.2) is 0 Å². The van der Waals surface area contributed by atoms with E-state index in [0.717, 1.165) is 28.7 Å². The Kier molecular flexibility index (Phi) is 10.2. The van der Waals surface area contributed by atoms with Crippen molar-refractivity contribution in [2.24, 2.45) is 0 Å². The molecule has 0 heterocycles. The molecule has 0 saturated heterocycles. The van der Waals surface area contributed by atoms with Crippen molar-refractivity contribution in [2.45, 2.75) is 58.6 Å². The minimum absolute atomic E-state index is 0.222. The van der Waals surface area contributed by atoms with Crippen LogP contribution in [0, 0.1) is 13.8 Å². The standard InChI is InChI=1S/C25H32N2O5/c1-18-10-9-11-19(2)21(18)16-22(24(29)30)27-23(28)14-7-4-8-15-26-25(31)32-17-20-12-5-3-6-13-20/h3,5-6,9-13,22H,4,7-8,14-17H2,1-2H3,(H,26,31)(H,27,28)(H,29,30)/t22-/m0/s1. The van der Waals surface area contributed by atoms with E-state index in [2.05, 4.69) is 10.6 Å². The van der Waals surface area contributed by atoms with E-state index in [9.17, 15) is 19.5 Å². The Hall–Kier alpha value is -3.35. The molecule has 2 rings (SSSR count). The number of carbonyl (C=O) groups is 3. The van der Waals surface area contributed by atoms with Crippen LogP contribution in [-0.2, 0) is 27.4 Å². The smallest absolute Gasteiger partial charge is 0.407 e. The number of hydrogen-bond acceptors (Lipinski definition) is 4. The number of alkyl carbamates (subject to hydrolysis) is 1. The summed E-state index contributed by atoms with van der Waals surface area (Å²) in [5, 5.41) is 14.8. The number of aryl methyl sites for hydroxylation is 2. The molecule has 2 aromatic rings. The van der Waals surface area contributed by atoms with Crippen molar-refractivity contribution in [3.63, 3.8) is 0 Å². The van der Waals surface area contributed by atoms with Crippen molar-refractivity contribution in [1.29, 1.82) is 0 Å². The summed E-state index contributed by atoms with van der Waals surface area (Å²) < 4.78 is 5.13. The first-order valence-corrected chi connectivity index (χ1v) is 10.9. The Morgan fingerprint density at radius 3 is 2.28 bits per heavy atom. The van der Waals surface area contributed by atoms with Gasteiger partial charge in [-0.3, -0.25) is 4.79 Å². The van der Waals surface area contributed by atoms with Crippen LogP contribution in [0.15, 0.2) is 48.5 Å². The van der Waals surface area contributed by atoms with Gasteiger partial charge in [-0.2, -0.15) is 0 Å². The van der Waals surface area contributed by atoms with Crippen molar-refractivity contribution in [2.75, 3.05) is 6.54 Å². The van der Waals surface area contributed by atoms with E-state index in [4.69, 9.17) is 4.74 Å². The minimum atomic E-state index is -1.04. The zero-order chi connectivity index (χ0) is 23.3. The molecule has 0 saturated carbocycles. The van der Waals surface area contributed by atoms with Crippen LogP contribution in [0.5, 0.6) is 0 Å². The molecule has 0 aromatic heterocycles. The maximum Gasteiger partial charge on any atom is 0.407 e. The van der Waals surface area contributed by atoms with Gasteiger partial charge >= 0.3 is 12.1 Å². The molecule has 0 aliphatic rings. The summed E-state index contributed by atoms with van der Waals surface area (Å²) in [6.45, 7) is 4.56. The number of unbranched alkanes of at least 4 members (excludes halogenated alkanes) is 2. The Morgan fingerprint density at radius 2 is 1.62 bits per heavy atom. The minimum Gasteiger partial charge on any atom is -0.480 e. The highest BCUT2D eigenvalue weighted by Gasteiger charge is 2.21. The summed E-state index contributed by atoms with van der Waals surface area (Å²) in [6.07, 6.45) is 2.09. The number of hydrogen-bond donors (Lipinski definition) is 3. The van der Waals surface area contributed by atoms with Crippen molar-refractivity contribution >= 4 is 18.0 Å². The Labute approximate surface area is 189 Å². The van der Waals surface area contributed by atoms with Crippen LogP contribution in [0.3, 0.4) is 0 Å². The molecule has 32 heavy (non-hydrogen) atoms.